The van der Waals surface area contributed by atoms with Gasteiger partial charge in [-0.15, -0.1) is 0 Å². The van der Waals surface area contributed by atoms with Crippen molar-refractivity contribution in [2.24, 2.45) is 5.92 Å². The van der Waals surface area contributed by atoms with E-state index in [0.29, 0.717) is 23.1 Å². The van der Waals surface area contributed by atoms with Gasteiger partial charge >= 0.3 is 5.97 Å². The Morgan fingerprint density at radius 1 is 1.06 bits per heavy atom. The van der Waals surface area contributed by atoms with Crippen molar-refractivity contribution in [2.75, 3.05) is 5.32 Å². The predicted molar refractivity (Wildman–Crippen MR) is 117 cm³/mol. The van der Waals surface area contributed by atoms with E-state index in [2.05, 4.69) is 15.5 Å². The van der Waals surface area contributed by atoms with Gasteiger partial charge in [0.25, 0.3) is 11.5 Å². The number of aromatic nitrogens is 4. The Morgan fingerprint density at radius 3 is 2.39 bits per heavy atom. The molecule has 2 aromatic heterocycles. The molecule has 3 aromatic rings. The van der Waals surface area contributed by atoms with Crippen molar-refractivity contribution in [1.82, 2.24) is 19.6 Å². The van der Waals surface area contributed by atoms with E-state index < -0.39 is 18.0 Å². The van der Waals surface area contributed by atoms with E-state index in [1.165, 1.54) is 11.6 Å². The number of anilines is 1. The fourth-order valence-corrected chi connectivity index (χ4v) is 3.18. The van der Waals surface area contributed by atoms with E-state index in [-0.39, 0.29) is 23.2 Å². The average molecular weight is 425 g/mol. The molecule has 1 N–H and O–H groups in total. The standard InChI is InChI=1S/C22H27N5O4/c1-13(2)12-26-21(29)17-9-7-6-8-16(17)19(25-26)22(30)31-15(5)20(28)24-18-10-11-23-27(18)14(3)4/h6-11,13-15H,12H2,1-5H3,(H,24,28)/t15-/m0/s1. The summed E-state index contributed by atoms with van der Waals surface area (Å²) in [6.07, 6.45) is 0.509. The minimum Gasteiger partial charge on any atom is -0.448 e. The van der Waals surface area contributed by atoms with Crippen LogP contribution in [0.15, 0.2) is 41.3 Å². The van der Waals surface area contributed by atoms with Crippen molar-refractivity contribution in [1.29, 1.82) is 0 Å². The van der Waals surface area contributed by atoms with Gasteiger partial charge in [-0.25, -0.2) is 14.2 Å². The van der Waals surface area contributed by atoms with Crippen LogP contribution in [0, 0.1) is 5.92 Å². The first kappa shape index (κ1) is 22.2. The molecule has 1 atom stereocenters. The van der Waals surface area contributed by atoms with Crippen LogP contribution >= 0.6 is 0 Å². The predicted octanol–water partition coefficient (Wildman–Crippen LogP) is 3.01. The van der Waals surface area contributed by atoms with Crippen LogP contribution in [0.1, 0.15) is 51.1 Å². The summed E-state index contributed by atoms with van der Waals surface area (Å²) in [5.74, 6) is -0.591. The summed E-state index contributed by atoms with van der Waals surface area (Å²) in [4.78, 5) is 38.2. The first-order chi connectivity index (χ1) is 14.7. The van der Waals surface area contributed by atoms with Gasteiger partial charge in [-0.1, -0.05) is 32.0 Å². The normalized spacial score (nSPS) is 12.4. The van der Waals surface area contributed by atoms with Crippen LogP contribution in [0.3, 0.4) is 0 Å². The zero-order valence-electron chi connectivity index (χ0n) is 18.3. The Bertz CT molecular complexity index is 1160. The van der Waals surface area contributed by atoms with Crippen molar-refractivity contribution in [3.8, 4) is 0 Å². The number of fused-ring (bicyclic) bond motifs is 1. The summed E-state index contributed by atoms with van der Waals surface area (Å²) < 4.78 is 8.33. The highest BCUT2D eigenvalue weighted by Gasteiger charge is 2.24. The van der Waals surface area contributed by atoms with Crippen LogP contribution in [0.4, 0.5) is 5.82 Å². The maximum absolute atomic E-state index is 12.9. The Labute approximate surface area is 180 Å². The molecular weight excluding hydrogens is 398 g/mol. The zero-order valence-corrected chi connectivity index (χ0v) is 18.3. The largest absolute Gasteiger partial charge is 0.448 e. The summed E-state index contributed by atoms with van der Waals surface area (Å²) in [6.45, 7) is 9.63. The molecule has 1 aromatic carbocycles. The lowest BCUT2D eigenvalue weighted by atomic mass is 10.1. The lowest BCUT2D eigenvalue weighted by molar-refractivity contribution is -0.123. The van der Waals surface area contributed by atoms with Gasteiger partial charge in [-0.2, -0.15) is 10.2 Å². The molecule has 31 heavy (non-hydrogen) atoms. The summed E-state index contributed by atoms with van der Waals surface area (Å²) in [7, 11) is 0. The van der Waals surface area contributed by atoms with E-state index in [0.717, 1.165) is 0 Å². The van der Waals surface area contributed by atoms with Crippen molar-refractivity contribution in [3.05, 3.63) is 52.6 Å². The molecule has 0 aliphatic carbocycles. The second-order valence-corrected chi connectivity index (χ2v) is 8.07. The smallest absolute Gasteiger partial charge is 0.360 e. The molecule has 0 spiro atoms. The number of rotatable bonds is 7. The fourth-order valence-electron chi connectivity index (χ4n) is 3.18. The molecule has 0 radical (unpaired) electrons. The Kier molecular flexibility index (Phi) is 6.53. The van der Waals surface area contributed by atoms with Gasteiger partial charge in [0.05, 0.1) is 11.6 Å². The topological polar surface area (TPSA) is 108 Å². The van der Waals surface area contributed by atoms with Gasteiger partial charge in [0, 0.05) is 24.0 Å². The van der Waals surface area contributed by atoms with Gasteiger partial charge in [0.15, 0.2) is 11.8 Å². The van der Waals surface area contributed by atoms with Crippen molar-refractivity contribution in [3.63, 3.8) is 0 Å². The second-order valence-electron chi connectivity index (χ2n) is 8.07. The lowest BCUT2D eigenvalue weighted by Crippen LogP contribution is -2.33. The summed E-state index contributed by atoms with van der Waals surface area (Å²) in [5, 5.41) is 11.9. The Morgan fingerprint density at radius 2 is 1.74 bits per heavy atom. The SMILES string of the molecule is CC(C)Cn1nc(C(=O)O[C@@H](C)C(=O)Nc2ccnn2C(C)C)c2ccccc2c1=O. The number of ether oxygens (including phenoxy) is 1. The third kappa shape index (κ3) is 4.82. The molecular formula is C22H27N5O4. The molecule has 9 heteroatoms. The van der Waals surface area contributed by atoms with Gasteiger partial charge in [0.1, 0.15) is 5.82 Å². The number of amides is 1. The van der Waals surface area contributed by atoms with Crippen LogP contribution in [0.25, 0.3) is 10.8 Å². The number of benzene rings is 1. The quantitative estimate of drug-likeness (QED) is 0.583. The Balaban J connectivity index is 1.85. The molecule has 0 aliphatic heterocycles. The number of nitrogens with zero attached hydrogens (tertiary/aromatic N) is 4. The minimum absolute atomic E-state index is 0.00252. The molecule has 2 heterocycles. The first-order valence-electron chi connectivity index (χ1n) is 10.2. The lowest BCUT2D eigenvalue weighted by Gasteiger charge is -2.16. The van der Waals surface area contributed by atoms with Gasteiger partial charge in [-0.3, -0.25) is 9.59 Å². The van der Waals surface area contributed by atoms with Crippen molar-refractivity contribution >= 4 is 28.5 Å². The van der Waals surface area contributed by atoms with E-state index in [1.807, 2.05) is 27.7 Å². The number of hydrogen-bond acceptors (Lipinski definition) is 6. The molecule has 0 unspecified atom stereocenters. The number of carbonyl (C=O) groups excluding carboxylic acids is 2. The highest BCUT2D eigenvalue weighted by atomic mass is 16.5. The highest BCUT2D eigenvalue weighted by molar-refractivity contribution is 6.03. The van der Waals surface area contributed by atoms with E-state index in [4.69, 9.17) is 4.74 Å². The van der Waals surface area contributed by atoms with E-state index in [9.17, 15) is 14.4 Å². The average Bonchev–Trinajstić information content (AvgIpc) is 3.18. The molecule has 0 saturated carbocycles. The fraction of sp³-hybridized carbons (Fsp3) is 0.409. The molecule has 9 nitrogen and oxygen atoms in total. The van der Waals surface area contributed by atoms with Gasteiger partial charge < -0.3 is 10.1 Å². The van der Waals surface area contributed by atoms with E-state index in [1.54, 1.807) is 41.2 Å². The maximum atomic E-state index is 12.9. The molecule has 0 fully saturated rings. The summed E-state index contributed by atoms with van der Waals surface area (Å²) in [6, 6.07) is 8.47. The van der Waals surface area contributed by atoms with Crippen molar-refractivity contribution < 1.29 is 14.3 Å². The maximum Gasteiger partial charge on any atom is 0.360 e. The molecule has 0 aliphatic rings. The third-order valence-electron chi connectivity index (χ3n) is 4.66. The third-order valence-corrected chi connectivity index (χ3v) is 4.66. The summed E-state index contributed by atoms with van der Waals surface area (Å²) >= 11 is 0. The van der Waals surface area contributed by atoms with Gasteiger partial charge in [0.2, 0.25) is 0 Å². The summed E-state index contributed by atoms with van der Waals surface area (Å²) in [5.41, 5.74) is -0.267. The first-order valence-corrected chi connectivity index (χ1v) is 10.2. The molecule has 3 rings (SSSR count). The molecule has 164 valence electrons. The van der Waals surface area contributed by atoms with Crippen LogP contribution in [0.5, 0.6) is 0 Å². The van der Waals surface area contributed by atoms with Gasteiger partial charge in [-0.05, 0) is 32.8 Å². The van der Waals surface area contributed by atoms with Crippen LogP contribution in [0.2, 0.25) is 0 Å². The number of hydrogen-bond donors (Lipinski definition) is 1. The molecule has 1 amide bonds. The monoisotopic (exact) mass is 425 g/mol. The Hall–Kier alpha value is -3.49. The van der Waals surface area contributed by atoms with Crippen molar-refractivity contribution in [2.45, 2.75) is 53.3 Å². The highest BCUT2D eigenvalue weighted by Crippen LogP contribution is 2.17. The molecule has 0 saturated heterocycles. The van der Waals surface area contributed by atoms with Crippen LogP contribution < -0.4 is 10.9 Å². The zero-order chi connectivity index (χ0) is 22.7. The van der Waals surface area contributed by atoms with Crippen LogP contribution in [-0.2, 0) is 16.1 Å². The number of carbonyl (C=O) groups is 2. The minimum atomic E-state index is -1.07. The number of nitrogens with one attached hydrogen (secondary N) is 1. The van der Waals surface area contributed by atoms with Crippen LogP contribution in [-0.4, -0.2) is 37.5 Å². The molecule has 0 bridgehead atoms. The number of esters is 1. The van der Waals surface area contributed by atoms with E-state index >= 15 is 0 Å². The second kappa shape index (κ2) is 9.11.